The lowest BCUT2D eigenvalue weighted by molar-refractivity contribution is -0.140. The third kappa shape index (κ3) is 4.67. The van der Waals surface area contributed by atoms with Crippen molar-refractivity contribution < 1.29 is 14.3 Å². The van der Waals surface area contributed by atoms with Crippen LogP contribution in [0.2, 0.25) is 0 Å². The third-order valence-electron chi connectivity index (χ3n) is 5.43. The number of rotatable bonds is 6. The third-order valence-corrected chi connectivity index (χ3v) is 6.58. The normalized spacial score (nSPS) is 17.1. The molecule has 4 heteroatoms. The number of ether oxygens (including phenoxy) is 1. The van der Waals surface area contributed by atoms with Crippen molar-refractivity contribution >= 4 is 27.7 Å². The van der Waals surface area contributed by atoms with Crippen molar-refractivity contribution in [2.45, 2.75) is 48.8 Å². The molecule has 1 fully saturated rings. The van der Waals surface area contributed by atoms with Gasteiger partial charge in [0.1, 0.15) is 0 Å². The van der Waals surface area contributed by atoms with Crippen molar-refractivity contribution in [2.75, 3.05) is 7.11 Å². The first-order chi connectivity index (χ1) is 13.0. The summed E-state index contributed by atoms with van der Waals surface area (Å²) in [7, 11) is 1.41. The maximum Gasteiger partial charge on any atom is 0.306 e. The Kier molecular flexibility index (Phi) is 6.48. The molecule has 2 aromatic rings. The molecule has 1 unspecified atom stereocenters. The van der Waals surface area contributed by atoms with Crippen LogP contribution in [0.3, 0.4) is 0 Å². The standard InChI is InChI=1S/C23H25BrO3/c1-27-21(25)16-20(17-8-4-2-5-9-17)18-10-12-19(13-11-18)22(26)23(24)14-6-3-7-15-23/h2,4-5,8-13,20H,3,6-7,14-16H2,1H3. The highest BCUT2D eigenvalue weighted by molar-refractivity contribution is 9.10. The second-order valence-corrected chi connectivity index (χ2v) is 8.74. The van der Waals surface area contributed by atoms with E-state index >= 15 is 0 Å². The van der Waals surface area contributed by atoms with Gasteiger partial charge in [-0.2, -0.15) is 0 Å². The first-order valence-electron chi connectivity index (χ1n) is 9.49. The molecule has 1 saturated carbocycles. The van der Waals surface area contributed by atoms with Gasteiger partial charge >= 0.3 is 5.97 Å². The molecule has 0 amide bonds. The highest BCUT2D eigenvalue weighted by atomic mass is 79.9. The van der Waals surface area contributed by atoms with Gasteiger partial charge in [0, 0.05) is 11.5 Å². The Hall–Kier alpha value is -1.94. The molecular weight excluding hydrogens is 404 g/mol. The second-order valence-electron chi connectivity index (χ2n) is 7.22. The molecule has 27 heavy (non-hydrogen) atoms. The van der Waals surface area contributed by atoms with Crippen molar-refractivity contribution in [3.05, 3.63) is 71.3 Å². The summed E-state index contributed by atoms with van der Waals surface area (Å²) in [4.78, 5) is 24.9. The molecule has 0 N–H and O–H groups in total. The summed E-state index contributed by atoms with van der Waals surface area (Å²) in [5.41, 5.74) is 2.80. The summed E-state index contributed by atoms with van der Waals surface area (Å²) in [6.07, 6.45) is 5.43. The topological polar surface area (TPSA) is 43.4 Å². The van der Waals surface area contributed by atoms with Gasteiger partial charge in [0.15, 0.2) is 5.78 Å². The summed E-state index contributed by atoms with van der Waals surface area (Å²) >= 11 is 3.71. The van der Waals surface area contributed by atoms with Crippen LogP contribution in [0.1, 0.15) is 65.9 Å². The molecule has 1 aliphatic carbocycles. The largest absolute Gasteiger partial charge is 0.469 e. The van der Waals surface area contributed by atoms with Gasteiger partial charge in [0.05, 0.1) is 17.9 Å². The van der Waals surface area contributed by atoms with Crippen molar-refractivity contribution in [2.24, 2.45) is 0 Å². The minimum atomic E-state index is -0.419. The second kappa shape index (κ2) is 8.83. The van der Waals surface area contributed by atoms with Gasteiger partial charge in [-0.3, -0.25) is 9.59 Å². The number of esters is 1. The number of methoxy groups -OCH3 is 1. The Morgan fingerprint density at radius 3 is 2.15 bits per heavy atom. The highest BCUT2D eigenvalue weighted by Crippen LogP contribution is 2.39. The number of Topliss-reactive ketones (excluding diaryl/α,β-unsaturated/α-hetero) is 1. The zero-order valence-corrected chi connectivity index (χ0v) is 17.2. The quantitative estimate of drug-likeness (QED) is 0.338. The van der Waals surface area contributed by atoms with Crippen LogP contribution >= 0.6 is 15.9 Å². The fourth-order valence-corrected chi connectivity index (χ4v) is 4.62. The number of carbonyl (C=O) groups excluding carboxylic acids is 2. The number of benzene rings is 2. The van der Waals surface area contributed by atoms with E-state index in [1.807, 2.05) is 54.6 Å². The first kappa shape index (κ1) is 19.8. The fraction of sp³-hybridized carbons (Fsp3) is 0.391. The van der Waals surface area contributed by atoms with Gasteiger partial charge in [-0.15, -0.1) is 0 Å². The summed E-state index contributed by atoms with van der Waals surface area (Å²) in [5.74, 6) is -0.168. The maximum atomic E-state index is 13.0. The predicted octanol–water partition coefficient (Wildman–Crippen LogP) is 5.66. The molecule has 1 aliphatic rings. The number of hydrogen-bond donors (Lipinski definition) is 0. The van der Waals surface area contributed by atoms with Crippen molar-refractivity contribution in [3.63, 3.8) is 0 Å². The van der Waals surface area contributed by atoms with E-state index in [0.717, 1.165) is 42.4 Å². The Morgan fingerprint density at radius 2 is 1.56 bits per heavy atom. The molecule has 2 aromatic carbocycles. The van der Waals surface area contributed by atoms with Crippen molar-refractivity contribution in [1.82, 2.24) is 0 Å². The number of hydrogen-bond acceptors (Lipinski definition) is 3. The van der Waals surface area contributed by atoms with Crippen LogP contribution in [0.25, 0.3) is 0 Å². The molecule has 0 spiro atoms. The van der Waals surface area contributed by atoms with E-state index in [0.29, 0.717) is 0 Å². The lowest BCUT2D eigenvalue weighted by atomic mass is 9.82. The van der Waals surface area contributed by atoms with E-state index in [1.54, 1.807) is 0 Å². The summed E-state index contributed by atoms with van der Waals surface area (Å²) in [6, 6.07) is 17.6. The lowest BCUT2D eigenvalue weighted by Crippen LogP contribution is -2.34. The Labute approximate surface area is 169 Å². The van der Waals surface area contributed by atoms with Gasteiger partial charge in [-0.05, 0) is 24.0 Å². The van der Waals surface area contributed by atoms with Crippen LogP contribution in [-0.2, 0) is 9.53 Å². The Bertz CT molecular complexity index is 777. The van der Waals surface area contributed by atoms with Crippen molar-refractivity contribution in [3.8, 4) is 0 Å². The minimum Gasteiger partial charge on any atom is -0.469 e. The van der Waals surface area contributed by atoms with Gasteiger partial charge in [0.2, 0.25) is 0 Å². The summed E-state index contributed by atoms with van der Waals surface area (Å²) < 4.78 is 4.46. The number of carbonyl (C=O) groups is 2. The molecule has 3 nitrogen and oxygen atoms in total. The average molecular weight is 429 g/mol. The molecule has 0 saturated heterocycles. The van der Waals surface area contributed by atoms with Crippen LogP contribution in [-0.4, -0.2) is 23.2 Å². The summed E-state index contributed by atoms with van der Waals surface area (Å²) in [6.45, 7) is 0. The van der Waals surface area contributed by atoms with Crippen LogP contribution in [0, 0.1) is 0 Å². The van der Waals surface area contributed by atoms with Gasteiger partial charge in [0.25, 0.3) is 0 Å². The SMILES string of the molecule is COC(=O)CC(c1ccccc1)c1ccc(C(=O)C2(Br)CCCCC2)cc1. The molecular formula is C23H25BrO3. The van der Waals surface area contributed by atoms with E-state index < -0.39 is 4.32 Å². The van der Waals surface area contributed by atoms with Crippen LogP contribution in [0.4, 0.5) is 0 Å². The van der Waals surface area contributed by atoms with Crippen LogP contribution < -0.4 is 0 Å². The van der Waals surface area contributed by atoms with Gasteiger partial charge < -0.3 is 4.74 Å². The Morgan fingerprint density at radius 1 is 0.963 bits per heavy atom. The van der Waals surface area contributed by atoms with E-state index in [1.165, 1.54) is 13.5 Å². The Balaban J connectivity index is 1.85. The average Bonchev–Trinajstić information content (AvgIpc) is 2.72. The molecule has 1 atom stereocenters. The van der Waals surface area contributed by atoms with Crippen molar-refractivity contribution in [1.29, 1.82) is 0 Å². The van der Waals surface area contributed by atoms with Crippen LogP contribution in [0.5, 0.6) is 0 Å². The molecule has 0 bridgehead atoms. The van der Waals surface area contributed by atoms with Crippen LogP contribution in [0.15, 0.2) is 54.6 Å². The first-order valence-corrected chi connectivity index (χ1v) is 10.3. The van der Waals surface area contributed by atoms with E-state index in [9.17, 15) is 9.59 Å². The molecule has 0 aromatic heterocycles. The monoisotopic (exact) mass is 428 g/mol. The smallest absolute Gasteiger partial charge is 0.306 e. The molecule has 142 valence electrons. The van der Waals surface area contributed by atoms with E-state index in [2.05, 4.69) is 15.9 Å². The maximum absolute atomic E-state index is 13.0. The highest BCUT2D eigenvalue weighted by Gasteiger charge is 2.37. The molecule has 0 radical (unpaired) electrons. The van der Waals surface area contributed by atoms with Gasteiger partial charge in [-0.1, -0.05) is 89.8 Å². The molecule has 0 heterocycles. The zero-order chi connectivity index (χ0) is 19.3. The van der Waals surface area contributed by atoms with Gasteiger partial charge in [-0.25, -0.2) is 0 Å². The molecule has 3 rings (SSSR count). The zero-order valence-electron chi connectivity index (χ0n) is 15.6. The van der Waals surface area contributed by atoms with E-state index in [-0.39, 0.29) is 24.1 Å². The number of alkyl halides is 1. The number of halogens is 1. The lowest BCUT2D eigenvalue weighted by Gasteiger charge is -2.30. The minimum absolute atomic E-state index is 0.0876. The fourth-order valence-electron chi connectivity index (χ4n) is 3.83. The summed E-state index contributed by atoms with van der Waals surface area (Å²) in [5, 5.41) is 0. The van der Waals surface area contributed by atoms with E-state index in [4.69, 9.17) is 4.74 Å². The molecule has 0 aliphatic heterocycles. The number of ketones is 1. The predicted molar refractivity (Wildman–Crippen MR) is 110 cm³/mol.